The number of nitrogens with zero attached hydrogens (tertiary/aromatic N) is 3. The molecule has 162 valence electrons. The molecule has 9 heteroatoms. The van der Waals surface area contributed by atoms with Crippen LogP contribution in [0.15, 0.2) is 34.6 Å². The smallest absolute Gasteiger partial charge is 0.375 e. The van der Waals surface area contributed by atoms with Crippen LogP contribution in [0, 0.1) is 11.8 Å². The number of benzene rings is 1. The molecule has 0 spiro atoms. The maximum Gasteiger partial charge on any atom is 0.416 e. The van der Waals surface area contributed by atoms with Gasteiger partial charge >= 0.3 is 6.18 Å². The number of guanidine groups is 1. The number of nitrogens with one attached hydrogen (secondary N) is 1. The van der Waals surface area contributed by atoms with Crippen molar-refractivity contribution in [3.63, 3.8) is 0 Å². The van der Waals surface area contributed by atoms with Crippen LogP contribution in [0.25, 0.3) is 0 Å². The lowest BCUT2D eigenvalue weighted by Gasteiger charge is -2.20. The first-order chi connectivity index (χ1) is 14.2. The largest absolute Gasteiger partial charge is 0.416 e. The summed E-state index contributed by atoms with van der Waals surface area (Å²) < 4.78 is 43.6. The Balaban J connectivity index is 2.04. The number of thiazole rings is 1. The highest BCUT2D eigenvalue weighted by atomic mass is 32.1. The summed E-state index contributed by atoms with van der Waals surface area (Å²) in [4.78, 5) is 10.9. The van der Waals surface area contributed by atoms with Crippen molar-refractivity contribution in [2.24, 2.45) is 4.99 Å². The number of methoxy groups -OCH3 is 1. The van der Waals surface area contributed by atoms with Crippen LogP contribution in [0.5, 0.6) is 0 Å². The molecule has 0 radical (unpaired) electrons. The van der Waals surface area contributed by atoms with Gasteiger partial charge < -0.3 is 15.0 Å². The molecular formula is C21H25F3N4OS. The standard InChI is InChI=1S/C21H25F3N4OS/c1-5-25-20(28(3)13-18-14-30-19(27-18)15(2)29-4)26-11-7-9-16-8-6-10-17(12-16)21(22,23)24/h6,8,10,12,14-15H,5,11,13H2,1-4H3,(H,25,26). The van der Waals surface area contributed by atoms with Gasteiger partial charge in [0.15, 0.2) is 5.96 Å². The second kappa shape index (κ2) is 11.0. The van der Waals surface area contributed by atoms with Crippen molar-refractivity contribution in [1.82, 2.24) is 15.2 Å². The van der Waals surface area contributed by atoms with Crippen molar-refractivity contribution >= 4 is 17.3 Å². The quantitative estimate of drug-likeness (QED) is 0.415. The SMILES string of the molecule is CCNC(=NCC#Cc1cccc(C(F)(F)F)c1)N(C)Cc1csc(C(C)OC)n1. The summed E-state index contributed by atoms with van der Waals surface area (Å²) in [7, 11) is 3.54. The van der Waals surface area contributed by atoms with Gasteiger partial charge in [-0.15, -0.1) is 11.3 Å². The van der Waals surface area contributed by atoms with Crippen LogP contribution in [0.3, 0.4) is 0 Å². The third-order valence-electron chi connectivity index (χ3n) is 4.10. The Morgan fingerprint density at radius 1 is 1.40 bits per heavy atom. The molecule has 1 atom stereocenters. The minimum absolute atomic E-state index is 0.0536. The van der Waals surface area contributed by atoms with Crippen LogP contribution in [0.1, 0.15) is 41.8 Å². The van der Waals surface area contributed by atoms with Crippen molar-refractivity contribution in [2.75, 3.05) is 27.2 Å². The van der Waals surface area contributed by atoms with Gasteiger partial charge in [0.25, 0.3) is 0 Å². The average Bonchev–Trinajstić information content (AvgIpc) is 3.17. The van der Waals surface area contributed by atoms with E-state index in [1.54, 1.807) is 24.5 Å². The molecule has 0 bridgehead atoms. The number of ether oxygens (including phenoxy) is 1. The third kappa shape index (κ3) is 7.04. The maximum atomic E-state index is 12.8. The van der Waals surface area contributed by atoms with E-state index in [0.29, 0.717) is 24.6 Å². The number of aliphatic imine (C=N–C) groups is 1. The molecule has 0 aliphatic heterocycles. The summed E-state index contributed by atoms with van der Waals surface area (Å²) in [5, 5.41) is 6.08. The van der Waals surface area contributed by atoms with E-state index in [0.717, 1.165) is 22.8 Å². The van der Waals surface area contributed by atoms with Crippen LogP contribution in [0.2, 0.25) is 0 Å². The zero-order valence-corrected chi connectivity index (χ0v) is 18.2. The Morgan fingerprint density at radius 3 is 2.83 bits per heavy atom. The lowest BCUT2D eigenvalue weighted by molar-refractivity contribution is -0.137. The van der Waals surface area contributed by atoms with Gasteiger partial charge in [-0.2, -0.15) is 13.2 Å². The summed E-state index contributed by atoms with van der Waals surface area (Å²) in [6, 6.07) is 4.96. The molecule has 0 saturated heterocycles. The number of alkyl halides is 3. The summed E-state index contributed by atoms with van der Waals surface area (Å²) in [5.74, 6) is 6.19. The van der Waals surface area contributed by atoms with E-state index in [2.05, 4.69) is 27.1 Å². The molecule has 2 rings (SSSR count). The van der Waals surface area contributed by atoms with E-state index >= 15 is 0 Å². The molecule has 1 unspecified atom stereocenters. The van der Waals surface area contributed by atoms with Gasteiger partial charge in [-0.3, -0.25) is 0 Å². The average molecular weight is 439 g/mol. The highest BCUT2D eigenvalue weighted by molar-refractivity contribution is 7.09. The molecule has 1 heterocycles. The first kappa shape index (κ1) is 23.7. The predicted octanol–water partition coefficient (Wildman–Crippen LogP) is 4.32. The minimum Gasteiger partial charge on any atom is -0.375 e. The molecule has 0 fully saturated rings. The number of hydrogen-bond acceptors (Lipinski definition) is 4. The number of halogens is 3. The van der Waals surface area contributed by atoms with Crippen molar-refractivity contribution in [2.45, 2.75) is 32.7 Å². The van der Waals surface area contributed by atoms with E-state index in [4.69, 9.17) is 4.74 Å². The predicted molar refractivity (Wildman–Crippen MR) is 113 cm³/mol. The maximum absolute atomic E-state index is 12.8. The van der Waals surface area contributed by atoms with Crippen molar-refractivity contribution in [3.05, 3.63) is 51.5 Å². The van der Waals surface area contributed by atoms with Crippen LogP contribution in [0.4, 0.5) is 13.2 Å². The van der Waals surface area contributed by atoms with Crippen LogP contribution in [-0.4, -0.2) is 43.1 Å². The molecular weight excluding hydrogens is 413 g/mol. The molecule has 2 aromatic rings. The number of hydrogen-bond donors (Lipinski definition) is 1. The summed E-state index contributed by atoms with van der Waals surface area (Å²) in [6.45, 7) is 5.29. The van der Waals surface area contributed by atoms with E-state index in [9.17, 15) is 13.2 Å². The second-order valence-electron chi connectivity index (χ2n) is 6.46. The normalized spacial score (nSPS) is 12.8. The summed E-state index contributed by atoms with van der Waals surface area (Å²) in [6.07, 6.45) is -4.44. The molecule has 0 amide bonds. The van der Waals surface area contributed by atoms with Crippen molar-refractivity contribution in [1.29, 1.82) is 0 Å². The fourth-order valence-electron chi connectivity index (χ4n) is 2.50. The van der Waals surface area contributed by atoms with Gasteiger partial charge in [-0.1, -0.05) is 17.9 Å². The van der Waals surface area contributed by atoms with Crippen molar-refractivity contribution in [3.8, 4) is 11.8 Å². The van der Waals surface area contributed by atoms with Gasteiger partial charge in [0.2, 0.25) is 0 Å². The van der Waals surface area contributed by atoms with Gasteiger partial charge in [0.05, 0.1) is 17.8 Å². The molecule has 30 heavy (non-hydrogen) atoms. The Labute approximate surface area is 179 Å². The Kier molecular flexibility index (Phi) is 8.69. The Bertz CT molecular complexity index is 915. The first-order valence-corrected chi connectivity index (χ1v) is 10.2. The molecule has 0 aliphatic rings. The highest BCUT2D eigenvalue weighted by Crippen LogP contribution is 2.29. The first-order valence-electron chi connectivity index (χ1n) is 9.37. The van der Waals surface area contributed by atoms with E-state index in [1.807, 2.05) is 31.2 Å². The second-order valence-corrected chi connectivity index (χ2v) is 7.35. The molecule has 1 N–H and O–H groups in total. The summed E-state index contributed by atoms with van der Waals surface area (Å²) in [5.41, 5.74) is 0.499. The fourth-order valence-corrected chi connectivity index (χ4v) is 3.34. The van der Waals surface area contributed by atoms with Crippen LogP contribution in [-0.2, 0) is 17.5 Å². The Morgan fingerprint density at radius 2 is 2.17 bits per heavy atom. The third-order valence-corrected chi connectivity index (χ3v) is 5.15. The van der Waals surface area contributed by atoms with E-state index < -0.39 is 11.7 Å². The molecule has 0 saturated carbocycles. The van der Waals surface area contributed by atoms with Gasteiger partial charge in [-0.05, 0) is 32.0 Å². The monoisotopic (exact) mass is 438 g/mol. The van der Waals surface area contributed by atoms with Gasteiger partial charge in [0.1, 0.15) is 17.7 Å². The molecule has 1 aromatic heterocycles. The van der Waals surface area contributed by atoms with Crippen LogP contribution >= 0.6 is 11.3 Å². The molecule has 5 nitrogen and oxygen atoms in total. The fraction of sp³-hybridized carbons (Fsp3) is 0.429. The van der Waals surface area contributed by atoms with Gasteiger partial charge in [0, 0.05) is 31.6 Å². The van der Waals surface area contributed by atoms with Crippen molar-refractivity contribution < 1.29 is 17.9 Å². The lowest BCUT2D eigenvalue weighted by atomic mass is 10.1. The lowest BCUT2D eigenvalue weighted by Crippen LogP contribution is -2.38. The molecule has 0 aliphatic carbocycles. The minimum atomic E-state index is -4.38. The summed E-state index contributed by atoms with van der Waals surface area (Å²) >= 11 is 1.55. The molecule has 1 aromatic carbocycles. The Hall–Kier alpha value is -2.57. The zero-order chi connectivity index (χ0) is 22.1. The number of rotatable bonds is 6. The number of aromatic nitrogens is 1. The zero-order valence-electron chi connectivity index (χ0n) is 17.4. The van der Waals surface area contributed by atoms with Gasteiger partial charge in [-0.25, -0.2) is 9.98 Å². The van der Waals surface area contributed by atoms with E-state index in [1.165, 1.54) is 6.07 Å². The van der Waals surface area contributed by atoms with Crippen LogP contribution < -0.4 is 5.32 Å². The topological polar surface area (TPSA) is 49.8 Å². The van der Waals surface area contributed by atoms with E-state index in [-0.39, 0.29) is 12.6 Å². The highest BCUT2D eigenvalue weighted by Gasteiger charge is 2.30.